The van der Waals surface area contributed by atoms with E-state index in [1.165, 1.54) is 28.6 Å². The molecule has 4 rings (SSSR count). The Morgan fingerprint density at radius 2 is 1.79 bits per heavy atom. The molecule has 1 heterocycles. The van der Waals surface area contributed by atoms with Gasteiger partial charge in [-0.25, -0.2) is 13.2 Å². The summed E-state index contributed by atoms with van der Waals surface area (Å²) in [6, 6.07) is 13.5. The first kappa shape index (κ1) is 23.4. The topological polar surface area (TPSA) is 84.0 Å². The van der Waals surface area contributed by atoms with Crippen molar-refractivity contribution < 1.29 is 22.7 Å². The summed E-state index contributed by atoms with van der Waals surface area (Å²) in [5.74, 6) is -1.02. The second-order valence-electron chi connectivity index (χ2n) is 8.76. The first-order valence-corrected chi connectivity index (χ1v) is 12.9. The number of sulfonamides is 1. The van der Waals surface area contributed by atoms with Crippen molar-refractivity contribution in [3.63, 3.8) is 0 Å². The van der Waals surface area contributed by atoms with Crippen LogP contribution in [0.25, 0.3) is 0 Å². The zero-order chi connectivity index (χ0) is 23.6. The van der Waals surface area contributed by atoms with E-state index >= 15 is 0 Å². The maximum atomic E-state index is 13.1. The van der Waals surface area contributed by atoms with Gasteiger partial charge >= 0.3 is 5.97 Å². The Hall–Kier alpha value is -2.71. The van der Waals surface area contributed by atoms with Crippen LogP contribution in [0.15, 0.2) is 53.4 Å². The fraction of sp³-hybridized carbons (Fsp3) is 0.440. The first-order chi connectivity index (χ1) is 15.8. The molecule has 0 radical (unpaired) electrons. The van der Waals surface area contributed by atoms with E-state index in [1.54, 1.807) is 18.9 Å². The van der Waals surface area contributed by atoms with E-state index in [-0.39, 0.29) is 22.4 Å². The number of carbonyl (C=O) groups is 2. The molecule has 0 spiro atoms. The van der Waals surface area contributed by atoms with E-state index in [4.69, 9.17) is 4.74 Å². The third-order valence-corrected chi connectivity index (χ3v) is 8.53. The van der Waals surface area contributed by atoms with Gasteiger partial charge in [0.2, 0.25) is 10.0 Å². The molecule has 7 nitrogen and oxygen atoms in total. The average Bonchev–Trinajstić information content (AvgIpc) is 3.27. The molecule has 1 saturated carbocycles. The highest BCUT2D eigenvalue weighted by molar-refractivity contribution is 7.89. The van der Waals surface area contributed by atoms with Crippen LogP contribution in [0.1, 0.15) is 54.9 Å². The number of esters is 1. The monoisotopic (exact) mass is 470 g/mol. The third kappa shape index (κ3) is 4.82. The molecule has 2 aromatic rings. The Kier molecular flexibility index (Phi) is 6.86. The highest BCUT2D eigenvalue weighted by Gasteiger charge is 2.32. The van der Waals surface area contributed by atoms with Crippen LogP contribution in [0.3, 0.4) is 0 Å². The van der Waals surface area contributed by atoms with Gasteiger partial charge in [-0.05, 0) is 56.0 Å². The van der Waals surface area contributed by atoms with Crippen molar-refractivity contribution in [2.45, 2.75) is 62.5 Å². The molecular formula is C25H30N2O5S. The summed E-state index contributed by atoms with van der Waals surface area (Å²) in [6.07, 6.45) is 4.62. The lowest BCUT2D eigenvalue weighted by Gasteiger charge is -2.30. The van der Waals surface area contributed by atoms with E-state index in [0.29, 0.717) is 6.54 Å². The van der Waals surface area contributed by atoms with Crippen LogP contribution in [0.2, 0.25) is 0 Å². The number of hydrogen-bond acceptors (Lipinski definition) is 5. The zero-order valence-corrected chi connectivity index (χ0v) is 19.9. The molecule has 176 valence electrons. The molecule has 0 unspecified atom stereocenters. The van der Waals surface area contributed by atoms with Gasteiger partial charge in [0, 0.05) is 25.3 Å². The number of fused-ring (bicyclic) bond motifs is 1. The second-order valence-corrected chi connectivity index (χ2v) is 10.8. The predicted molar refractivity (Wildman–Crippen MR) is 126 cm³/mol. The van der Waals surface area contributed by atoms with Crippen molar-refractivity contribution in [3.8, 4) is 0 Å². The molecule has 0 bridgehead atoms. The van der Waals surface area contributed by atoms with Crippen molar-refractivity contribution in [3.05, 3.63) is 59.7 Å². The molecule has 0 saturated heterocycles. The lowest BCUT2D eigenvalue weighted by Crippen LogP contribution is -2.39. The number of benzene rings is 2. The highest BCUT2D eigenvalue weighted by atomic mass is 32.2. The van der Waals surface area contributed by atoms with Gasteiger partial charge in [-0.2, -0.15) is 4.31 Å². The number of ether oxygens (including phenoxy) is 1. The number of para-hydroxylation sites is 1. The molecule has 0 aromatic heterocycles. The Balaban J connectivity index is 1.46. The molecule has 1 atom stereocenters. The second kappa shape index (κ2) is 9.65. The SMILES string of the molecule is C[C@@H](OC(=O)c1cccc(S(=O)(=O)N(C)C2CCCCC2)c1)C(=O)N1CCc2ccccc21. The van der Waals surface area contributed by atoms with Crippen LogP contribution in [0.4, 0.5) is 5.69 Å². The minimum absolute atomic E-state index is 0.0275. The zero-order valence-electron chi connectivity index (χ0n) is 19.1. The molecule has 1 aliphatic heterocycles. The number of anilines is 1. The summed E-state index contributed by atoms with van der Waals surface area (Å²) in [4.78, 5) is 27.4. The van der Waals surface area contributed by atoms with Gasteiger partial charge in [0.15, 0.2) is 6.10 Å². The van der Waals surface area contributed by atoms with E-state index in [9.17, 15) is 18.0 Å². The van der Waals surface area contributed by atoms with E-state index in [2.05, 4.69) is 0 Å². The minimum atomic E-state index is -3.74. The summed E-state index contributed by atoms with van der Waals surface area (Å²) >= 11 is 0. The highest BCUT2D eigenvalue weighted by Crippen LogP contribution is 2.29. The van der Waals surface area contributed by atoms with Crippen LogP contribution in [-0.4, -0.2) is 50.3 Å². The lowest BCUT2D eigenvalue weighted by molar-refractivity contribution is -0.126. The number of nitrogens with zero attached hydrogens (tertiary/aromatic N) is 2. The maximum absolute atomic E-state index is 13.1. The van der Waals surface area contributed by atoms with Crippen molar-refractivity contribution in [1.29, 1.82) is 0 Å². The van der Waals surface area contributed by atoms with E-state index < -0.39 is 22.1 Å². The van der Waals surface area contributed by atoms with Gasteiger partial charge < -0.3 is 9.64 Å². The van der Waals surface area contributed by atoms with Gasteiger partial charge in [0.05, 0.1) is 10.5 Å². The van der Waals surface area contributed by atoms with Gasteiger partial charge in [-0.15, -0.1) is 0 Å². The molecule has 1 fully saturated rings. The summed E-state index contributed by atoms with van der Waals surface area (Å²) in [6.45, 7) is 2.08. The molecule has 8 heteroatoms. The average molecular weight is 471 g/mol. The van der Waals surface area contributed by atoms with Crippen LogP contribution in [0.5, 0.6) is 0 Å². The fourth-order valence-electron chi connectivity index (χ4n) is 4.66. The number of hydrogen-bond donors (Lipinski definition) is 0. The molecule has 0 N–H and O–H groups in total. The Bertz CT molecular complexity index is 1140. The molecule has 2 aromatic carbocycles. The van der Waals surface area contributed by atoms with Crippen molar-refractivity contribution in [2.24, 2.45) is 0 Å². The van der Waals surface area contributed by atoms with Crippen LogP contribution in [0, 0.1) is 0 Å². The molecule has 33 heavy (non-hydrogen) atoms. The predicted octanol–water partition coefficient (Wildman–Crippen LogP) is 3.77. The van der Waals surface area contributed by atoms with Gasteiger partial charge in [0.1, 0.15) is 0 Å². The maximum Gasteiger partial charge on any atom is 0.338 e. The van der Waals surface area contributed by atoms with Crippen molar-refractivity contribution >= 4 is 27.6 Å². The Morgan fingerprint density at radius 1 is 1.06 bits per heavy atom. The fourth-order valence-corrected chi connectivity index (χ4v) is 6.12. The van der Waals surface area contributed by atoms with Gasteiger partial charge in [0.25, 0.3) is 5.91 Å². The smallest absolute Gasteiger partial charge is 0.338 e. The number of rotatable bonds is 6. The van der Waals surface area contributed by atoms with E-state index in [0.717, 1.165) is 49.8 Å². The van der Waals surface area contributed by atoms with Gasteiger partial charge in [-0.1, -0.05) is 43.5 Å². The Labute approximate surface area is 195 Å². The largest absolute Gasteiger partial charge is 0.449 e. The minimum Gasteiger partial charge on any atom is -0.449 e. The van der Waals surface area contributed by atoms with Crippen molar-refractivity contribution in [1.82, 2.24) is 4.31 Å². The molecule has 1 amide bonds. The first-order valence-electron chi connectivity index (χ1n) is 11.5. The standard InChI is InChI=1S/C25H30N2O5S/c1-18(24(28)27-16-15-19-9-6-7-14-23(19)27)32-25(29)20-10-8-13-22(17-20)33(30,31)26(2)21-11-4-3-5-12-21/h6-10,13-14,17-18,21H,3-5,11-12,15-16H2,1-2H3/t18-/m1/s1. The van der Waals surface area contributed by atoms with Gasteiger partial charge in [-0.3, -0.25) is 4.79 Å². The van der Waals surface area contributed by atoms with Crippen LogP contribution < -0.4 is 4.90 Å². The number of carbonyl (C=O) groups excluding carboxylic acids is 2. The molecule has 2 aliphatic rings. The summed E-state index contributed by atoms with van der Waals surface area (Å²) in [5, 5.41) is 0. The quantitative estimate of drug-likeness (QED) is 0.600. The summed E-state index contributed by atoms with van der Waals surface area (Å²) in [5.41, 5.74) is 2.03. The Morgan fingerprint density at radius 3 is 2.55 bits per heavy atom. The van der Waals surface area contributed by atoms with Crippen molar-refractivity contribution in [2.75, 3.05) is 18.5 Å². The lowest BCUT2D eigenvalue weighted by atomic mass is 9.96. The molecular weight excluding hydrogens is 440 g/mol. The summed E-state index contributed by atoms with van der Waals surface area (Å²) in [7, 11) is -2.13. The molecule has 1 aliphatic carbocycles. The van der Waals surface area contributed by atoms with Crippen LogP contribution in [-0.2, 0) is 26.0 Å². The summed E-state index contributed by atoms with van der Waals surface area (Å²) < 4.78 is 33.1. The van der Waals surface area contributed by atoms with E-state index in [1.807, 2.05) is 24.3 Å². The van der Waals surface area contributed by atoms with Crippen LogP contribution >= 0.6 is 0 Å². The normalized spacial score (nSPS) is 17.6. The third-order valence-electron chi connectivity index (χ3n) is 6.62. The number of amides is 1.